The third-order valence-corrected chi connectivity index (χ3v) is 2.12. The molecule has 0 unspecified atom stereocenters. The maximum Gasteiger partial charge on any atom is 0.331 e. The largest absolute Gasteiger partial charge is 0.473 e. The molecule has 0 saturated heterocycles. The lowest BCUT2D eigenvalue weighted by molar-refractivity contribution is -0.386. The monoisotopic (exact) mass is 240 g/mol. The molecule has 17 heavy (non-hydrogen) atoms. The third-order valence-electron chi connectivity index (χ3n) is 2.12. The predicted octanol–water partition coefficient (Wildman–Crippen LogP) is 1.84. The van der Waals surface area contributed by atoms with Crippen molar-refractivity contribution in [2.24, 2.45) is 0 Å². The fourth-order valence-corrected chi connectivity index (χ4v) is 1.18. The summed E-state index contributed by atoms with van der Waals surface area (Å²) in [6, 6.07) is 1.41. The molecule has 0 aliphatic heterocycles. The van der Waals surface area contributed by atoms with Crippen LogP contribution in [0.1, 0.15) is 25.8 Å². The highest BCUT2D eigenvalue weighted by Crippen LogP contribution is 2.25. The second-order valence-corrected chi connectivity index (χ2v) is 4.50. The predicted molar refractivity (Wildman–Crippen MR) is 62.0 cm³/mol. The summed E-state index contributed by atoms with van der Waals surface area (Å²) in [5.41, 5.74) is -0.313. The van der Waals surface area contributed by atoms with Gasteiger partial charge in [0.25, 0.3) is 5.88 Å². The lowest BCUT2D eigenvalue weighted by Crippen LogP contribution is -2.22. The van der Waals surface area contributed by atoms with E-state index >= 15 is 0 Å². The molecule has 1 N–H and O–H groups in total. The quantitative estimate of drug-likeness (QED) is 0.627. The van der Waals surface area contributed by atoms with Crippen LogP contribution in [-0.4, -0.2) is 27.2 Å². The van der Waals surface area contributed by atoms with Crippen molar-refractivity contribution in [3.63, 3.8) is 0 Å². The number of aromatic nitrogens is 1. The van der Waals surface area contributed by atoms with E-state index in [0.29, 0.717) is 12.0 Å². The summed E-state index contributed by atoms with van der Waals surface area (Å²) in [5.74, 6) is -0.00940. The van der Waals surface area contributed by atoms with Crippen LogP contribution in [0.25, 0.3) is 0 Å². The Hall–Kier alpha value is -1.69. The fraction of sp³-hybridized carbons (Fsp3) is 0.545. The number of hydrogen-bond acceptors (Lipinski definition) is 5. The summed E-state index contributed by atoms with van der Waals surface area (Å²) in [4.78, 5) is 14.1. The molecule has 6 heteroatoms. The second-order valence-electron chi connectivity index (χ2n) is 4.50. The molecule has 0 bridgehead atoms. The van der Waals surface area contributed by atoms with Crippen molar-refractivity contribution in [2.75, 3.05) is 6.61 Å². The molecule has 1 aromatic rings. The highest BCUT2D eigenvalue weighted by atomic mass is 16.6. The number of rotatable bonds is 5. The number of aryl methyl sites for hydroxylation is 1. The molecule has 0 spiro atoms. The van der Waals surface area contributed by atoms with Gasteiger partial charge >= 0.3 is 5.69 Å². The normalized spacial score (nSPS) is 11.3. The van der Waals surface area contributed by atoms with E-state index in [-0.39, 0.29) is 18.2 Å². The van der Waals surface area contributed by atoms with Gasteiger partial charge in [-0.25, -0.2) is 4.98 Å². The van der Waals surface area contributed by atoms with Gasteiger partial charge in [-0.15, -0.1) is 0 Å². The summed E-state index contributed by atoms with van der Waals surface area (Å²) in [6.45, 7) is 5.20. The number of nitro groups is 1. The van der Waals surface area contributed by atoms with E-state index in [1.807, 2.05) is 0 Å². The average molecular weight is 240 g/mol. The first-order valence-corrected chi connectivity index (χ1v) is 5.26. The molecule has 0 saturated carbocycles. The van der Waals surface area contributed by atoms with Crippen molar-refractivity contribution in [3.05, 3.63) is 27.9 Å². The van der Waals surface area contributed by atoms with E-state index in [4.69, 9.17) is 4.74 Å². The Bertz CT molecular complexity index is 412. The van der Waals surface area contributed by atoms with Gasteiger partial charge in [-0.2, -0.15) is 0 Å². The van der Waals surface area contributed by atoms with Crippen LogP contribution in [0.3, 0.4) is 0 Å². The Morgan fingerprint density at radius 1 is 1.59 bits per heavy atom. The van der Waals surface area contributed by atoms with Gasteiger partial charge in [0.1, 0.15) is 0 Å². The third kappa shape index (κ3) is 4.36. The SMILES string of the molecule is Cc1cnc(OCCC(C)(C)O)c([N+](=O)[O-])c1. The number of pyridine rings is 1. The minimum absolute atomic E-state index is 0.00940. The van der Waals surface area contributed by atoms with E-state index in [1.165, 1.54) is 12.3 Å². The molecule has 0 fully saturated rings. The maximum absolute atomic E-state index is 10.8. The van der Waals surface area contributed by atoms with Gasteiger partial charge < -0.3 is 9.84 Å². The van der Waals surface area contributed by atoms with Crippen LogP contribution < -0.4 is 4.74 Å². The zero-order chi connectivity index (χ0) is 13.1. The van der Waals surface area contributed by atoms with Gasteiger partial charge in [-0.1, -0.05) is 0 Å². The molecule has 1 rings (SSSR count). The molecule has 0 radical (unpaired) electrons. The van der Waals surface area contributed by atoms with Crippen molar-refractivity contribution in [1.82, 2.24) is 4.98 Å². The number of nitrogens with zero attached hydrogens (tertiary/aromatic N) is 2. The fourth-order valence-electron chi connectivity index (χ4n) is 1.18. The van der Waals surface area contributed by atoms with Crippen molar-refractivity contribution in [3.8, 4) is 5.88 Å². The average Bonchev–Trinajstić information content (AvgIpc) is 2.18. The van der Waals surface area contributed by atoms with E-state index in [1.54, 1.807) is 20.8 Å². The molecular weight excluding hydrogens is 224 g/mol. The van der Waals surface area contributed by atoms with Crippen molar-refractivity contribution in [1.29, 1.82) is 0 Å². The summed E-state index contributed by atoms with van der Waals surface area (Å²) in [7, 11) is 0. The first-order valence-electron chi connectivity index (χ1n) is 5.26. The molecule has 6 nitrogen and oxygen atoms in total. The van der Waals surface area contributed by atoms with Gasteiger partial charge in [0, 0.05) is 18.7 Å². The van der Waals surface area contributed by atoms with Gasteiger partial charge in [0.05, 0.1) is 17.1 Å². The summed E-state index contributed by atoms with van der Waals surface area (Å²) in [6.07, 6.45) is 1.88. The summed E-state index contributed by atoms with van der Waals surface area (Å²) < 4.78 is 5.22. The smallest absolute Gasteiger partial charge is 0.331 e. The zero-order valence-electron chi connectivity index (χ0n) is 10.1. The Morgan fingerprint density at radius 2 is 2.24 bits per heavy atom. The van der Waals surface area contributed by atoms with E-state index in [0.717, 1.165) is 0 Å². The van der Waals surface area contributed by atoms with Gasteiger partial charge in [0.15, 0.2) is 0 Å². The molecular formula is C11H16N2O4. The number of hydrogen-bond donors (Lipinski definition) is 1. The van der Waals surface area contributed by atoms with E-state index in [9.17, 15) is 15.2 Å². The van der Waals surface area contributed by atoms with Crippen LogP contribution >= 0.6 is 0 Å². The molecule has 1 heterocycles. The molecule has 0 aliphatic carbocycles. The van der Waals surface area contributed by atoms with Gasteiger partial charge in [-0.3, -0.25) is 10.1 Å². The first kappa shape index (κ1) is 13.4. The topological polar surface area (TPSA) is 85.5 Å². The second kappa shape index (κ2) is 5.09. The molecule has 1 aromatic heterocycles. The molecule has 0 aromatic carbocycles. The Kier molecular flexibility index (Phi) is 4.01. The zero-order valence-corrected chi connectivity index (χ0v) is 10.1. The van der Waals surface area contributed by atoms with Crippen molar-refractivity contribution < 1.29 is 14.8 Å². The van der Waals surface area contributed by atoms with Crippen LogP contribution in [0.15, 0.2) is 12.3 Å². The number of ether oxygens (including phenoxy) is 1. The highest BCUT2D eigenvalue weighted by molar-refractivity contribution is 5.42. The highest BCUT2D eigenvalue weighted by Gasteiger charge is 2.18. The van der Waals surface area contributed by atoms with E-state index < -0.39 is 10.5 Å². The first-order chi connectivity index (χ1) is 7.79. The molecule has 94 valence electrons. The van der Waals surface area contributed by atoms with E-state index in [2.05, 4.69) is 4.98 Å². The minimum Gasteiger partial charge on any atom is -0.473 e. The maximum atomic E-state index is 10.8. The lowest BCUT2D eigenvalue weighted by atomic mass is 10.1. The molecule has 0 atom stereocenters. The minimum atomic E-state index is -0.862. The van der Waals surface area contributed by atoms with Crippen LogP contribution in [0.2, 0.25) is 0 Å². The number of aliphatic hydroxyl groups is 1. The lowest BCUT2D eigenvalue weighted by Gasteiger charge is -2.16. The summed E-state index contributed by atoms with van der Waals surface area (Å²) >= 11 is 0. The van der Waals surface area contributed by atoms with Crippen molar-refractivity contribution in [2.45, 2.75) is 32.8 Å². The Labute approximate surface area is 99.4 Å². The van der Waals surface area contributed by atoms with Gasteiger partial charge in [-0.05, 0) is 26.3 Å². The Morgan fingerprint density at radius 3 is 2.76 bits per heavy atom. The van der Waals surface area contributed by atoms with Crippen LogP contribution in [-0.2, 0) is 0 Å². The van der Waals surface area contributed by atoms with Crippen LogP contribution in [0.4, 0.5) is 5.69 Å². The van der Waals surface area contributed by atoms with Crippen LogP contribution in [0, 0.1) is 17.0 Å². The molecule has 0 aliphatic rings. The Balaban J connectivity index is 2.74. The summed E-state index contributed by atoms with van der Waals surface area (Å²) in [5, 5.41) is 20.3. The standard InChI is InChI=1S/C11H16N2O4/c1-8-6-9(13(15)16)10(12-7-8)17-5-4-11(2,3)14/h6-7,14H,4-5H2,1-3H3. The molecule has 0 amide bonds. The van der Waals surface area contributed by atoms with Crippen LogP contribution in [0.5, 0.6) is 5.88 Å². The van der Waals surface area contributed by atoms with Crippen molar-refractivity contribution >= 4 is 5.69 Å². The van der Waals surface area contributed by atoms with Gasteiger partial charge in [0.2, 0.25) is 0 Å².